The minimum absolute atomic E-state index is 0.0464. The lowest BCUT2D eigenvalue weighted by molar-refractivity contribution is -0.144. The molecular weight excluding hydrogens is 692 g/mol. The Balaban J connectivity index is 1.51. The SMILES string of the molecule is CN(C)C(=O)[C@@H](NC(=O)CNC(=O)C(=O)[C@@H]1CCCCC=CCCCC[C@H](NC(=O)OC(C)(C)C)C(=O)N2CC3C([C@H]2C(=O)N1)C3(C)C)c1ccccc1. The predicted molar refractivity (Wildman–Crippen MR) is 201 cm³/mol. The van der Waals surface area contributed by atoms with Crippen LogP contribution < -0.4 is 21.3 Å². The van der Waals surface area contributed by atoms with Gasteiger partial charge in [-0.1, -0.05) is 69.2 Å². The molecule has 4 N–H and O–H groups in total. The van der Waals surface area contributed by atoms with Crippen molar-refractivity contribution in [2.75, 3.05) is 27.2 Å². The molecule has 1 aromatic rings. The molecule has 0 aromatic heterocycles. The smallest absolute Gasteiger partial charge is 0.408 e. The van der Waals surface area contributed by atoms with Crippen LogP contribution in [0, 0.1) is 17.3 Å². The van der Waals surface area contributed by atoms with Crippen molar-refractivity contribution in [2.24, 2.45) is 17.3 Å². The predicted octanol–water partition coefficient (Wildman–Crippen LogP) is 3.17. The number of ketones is 1. The van der Waals surface area contributed by atoms with Crippen molar-refractivity contribution >= 4 is 41.4 Å². The second kappa shape index (κ2) is 18.1. The van der Waals surface area contributed by atoms with Crippen LogP contribution in [-0.2, 0) is 33.5 Å². The molecule has 2 fully saturated rings. The average Bonchev–Trinajstić information content (AvgIpc) is 3.41. The highest BCUT2D eigenvalue weighted by atomic mass is 16.6. The molecule has 296 valence electrons. The van der Waals surface area contributed by atoms with Gasteiger partial charge < -0.3 is 35.8 Å². The molecule has 3 aliphatic rings. The molecule has 1 saturated carbocycles. The third kappa shape index (κ3) is 10.9. The molecule has 1 aliphatic carbocycles. The fraction of sp³-hybridized carbons (Fsp3) is 0.625. The highest BCUT2D eigenvalue weighted by Gasteiger charge is 2.69. The molecule has 14 heteroatoms. The Morgan fingerprint density at radius 3 is 2.20 bits per heavy atom. The third-order valence-corrected chi connectivity index (χ3v) is 10.5. The van der Waals surface area contributed by atoms with Crippen molar-refractivity contribution in [1.29, 1.82) is 0 Å². The number of nitrogens with zero attached hydrogens (tertiary/aromatic N) is 2. The number of allylic oxidation sites excluding steroid dienone is 2. The van der Waals surface area contributed by atoms with E-state index in [1.165, 1.54) is 9.80 Å². The zero-order valence-corrected chi connectivity index (χ0v) is 32.7. The number of fused-ring (bicyclic) bond motifs is 3. The standard InChI is InChI=1S/C40H58N6O8/c1-39(2,3)54-38(53)43-28-22-18-13-11-9-8-10-12-17-21-27(42-34(49)32-30-26(40(30,4)5)24-46(32)36(28)51)33(48)35(50)41-23-29(47)44-31(37(52)45(6)7)25-19-15-14-16-20-25/h8-9,14-16,19-20,26-28,30-32H,10-13,17-18,21-24H2,1-7H3,(H,41,50)(H,42,49)(H,43,53)(H,44,47)/t26?,27-,28-,30?,31-,32-/m0/s1. The van der Waals surface area contributed by atoms with E-state index in [1.807, 2.05) is 13.8 Å². The summed E-state index contributed by atoms with van der Waals surface area (Å²) in [5.41, 5.74) is -0.449. The van der Waals surface area contributed by atoms with Crippen molar-refractivity contribution in [1.82, 2.24) is 31.1 Å². The molecule has 14 nitrogen and oxygen atoms in total. The number of amides is 6. The van der Waals surface area contributed by atoms with Gasteiger partial charge in [0, 0.05) is 20.6 Å². The molecule has 2 heterocycles. The quantitative estimate of drug-likeness (QED) is 0.231. The largest absolute Gasteiger partial charge is 0.444 e. The zero-order chi connectivity index (χ0) is 39.8. The van der Waals surface area contributed by atoms with E-state index in [0.717, 1.165) is 19.3 Å². The summed E-state index contributed by atoms with van der Waals surface area (Å²) in [6.07, 6.45) is 8.20. The first-order valence-corrected chi connectivity index (χ1v) is 19.0. The van der Waals surface area contributed by atoms with Crippen LogP contribution in [0.4, 0.5) is 4.79 Å². The van der Waals surface area contributed by atoms with E-state index >= 15 is 0 Å². The normalized spacial score (nSPS) is 25.1. The number of hydrogen-bond donors (Lipinski definition) is 4. The number of alkyl carbamates (subject to hydrolysis) is 1. The number of carbonyl (C=O) groups excluding carboxylic acids is 7. The first-order chi connectivity index (χ1) is 25.4. The number of ether oxygens (including phenoxy) is 1. The topological polar surface area (TPSA) is 183 Å². The molecule has 1 aromatic carbocycles. The van der Waals surface area contributed by atoms with Crippen LogP contribution in [-0.4, -0.2) is 102 Å². The summed E-state index contributed by atoms with van der Waals surface area (Å²) in [7, 11) is 3.13. The molecule has 0 spiro atoms. The highest BCUT2D eigenvalue weighted by molar-refractivity contribution is 6.38. The lowest BCUT2D eigenvalue weighted by Gasteiger charge is -2.34. The number of hydrogen-bond acceptors (Lipinski definition) is 8. The third-order valence-electron chi connectivity index (χ3n) is 10.5. The number of piperidine rings is 1. The molecule has 54 heavy (non-hydrogen) atoms. The van der Waals surface area contributed by atoms with Gasteiger partial charge >= 0.3 is 6.09 Å². The van der Waals surface area contributed by atoms with Crippen LogP contribution in [0.2, 0.25) is 0 Å². The highest BCUT2D eigenvalue weighted by Crippen LogP contribution is 2.65. The van der Waals surface area contributed by atoms with Crippen molar-refractivity contribution < 1.29 is 38.3 Å². The second-order valence-corrected chi connectivity index (χ2v) is 16.4. The van der Waals surface area contributed by atoms with Crippen molar-refractivity contribution in [3.63, 3.8) is 0 Å². The van der Waals surface area contributed by atoms with Crippen LogP contribution in [0.3, 0.4) is 0 Å². The van der Waals surface area contributed by atoms with E-state index < -0.39 is 71.8 Å². The minimum atomic E-state index is -1.21. The molecule has 4 rings (SSSR count). The van der Waals surface area contributed by atoms with Crippen LogP contribution in [0.25, 0.3) is 0 Å². The van der Waals surface area contributed by atoms with Gasteiger partial charge in [-0.3, -0.25) is 28.8 Å². The van der Waals surface area contributed by atoms with Gasteiger partial charge in [0.05, 0.1) is 12.6 Å². The van der Waals surface area contributed by atoms with E-state index in [2.05, 4.69) is 33.4 Å². The van der Waals surface area contributed by atoms with Crippen molar-refractivity contribution in [3.05, 3.63) is 48.0 Å². The summed E-state index contributed by atoms with van der Waals surface area (Å²) < 4.78 is 5.47. The number of Topliss-reactive ketones (excluding diaryl/α,β-unsaturated/α-hetero) is 1. The lowest BCUT2D eigenvalue weighted by atomic mass is 9.97. The summed E-state index contributed by atoms with van der Waals surface area (Å²) in [5.74, 6) is -4.08. The van der Waals surface area contributed by atoms with Gasteiger partial charge in [-0.2, -0.15) is 0 Å². The second-order valence-electron chi connectivity index (χ2n) is 16.4. The Hall–Kier alpha value is -4.75. The summed E-state index contributed by atoms with van der Waals surface area (Å²) in [4.78, 5) is 96.8. The minimum Gasteiger partial charge on any atom is -0.444 e. The van der Waals surface area contributed by atoms with E-state index in [0.29, 0.717) is 37.8 Å². The van der Waals surface area contributed by atoms with Gasteiger partial charge in [-0.15, -0.1) is 0 Å². The first kappa shape index (κ1) is 42.0. The van der Waals surface area contributed by atoms with Gasteiger partial charge in [0.1, 0.15) is 23.7 Å². The Morgan fingerprint density at radius 2 is 1.59 bits per heavy atom. The molecule has 2 unspecified atom stereocenters. The Bertz CT molecular complexity index is 1590. The number of carbonyl (C=O) groups is 7. The number of nitrogens with one attached hydrogen (secondary N) is 4. The van der Waals surface area contributed by atoms with Crippen LogP contribution in [0.5, 0.6) is 0 Å². The van der Waals surface area contributed by atoms with E-state index in [9.17, 15) is 33.6 Å². The zero-order valence-electron chi connectivity index (χ0n) is 32.7. The molecule has 6 amide bonds. The summed E-state index contributed by atoms with van der Waals surface area (Å²) >= 11 is 0. The Morgan fingerprint density at radius 1 is 0.963 bits per heavy atom. The number of likely N-dealkylation sites (N-methyl/N-ethyl adjacent to an activating group) is 1. The number of benzene rings is 1. The van der Waals surface area contributed by atoms with Gasteiger partial charge in [-0.05, 0) is 82.1 Å². The molecule has 0 bridgehead atoms. The molecular formula is C40H58N6O8. The summed E-state index contributed by atoms with van der Waals surface area (Å²) in [6, 6.07) is 4.63. The van der Waals surface area contributed by atoms with Crippen molar-refractivity contribution in [3.8, 4) is 0 Å². The van der Waals surface area contributed by atoms with Gasteiger partial charge in [0.25, 0.3) is 5.91 Å². The monoisotopic (exact) mass is 750 g/mol. The fourth-order valence-corrected chi connectivity index (χ4v) is 7.51. The Labute approximate surface area is 318 Å². The van der Waals surface area contributed by atoms with E-state index in [-0.39, 0.29) is 29.6 Å². The van der Waals surface area contributed by atoms with E-state index in [1.54, 1.807) is 65.2 Å². The number of rotatable bonds is 8. The Kier molecular flexibility index (Phi) is 14.0. The first-order valence-electron chi connectivity index (χ1n) is 19.0. The van der Waals surface area contributed by atoms with Crippen LogP contribution in [0.1, 0.15) is 97.6 Å². The molecule has 0 radical (unpaired) electrons. The summed E-state index contributed by atoms with van der Waals surface area (Å²) in [6.45, 7) is 9.04. The lowest BCUT2D eigenvalue weighted by Crippen LogP contribution is -2.58. The maximum atomic E-state index is 14.2. The molecule has 2 aliphatic heterocycles. The van der Waals surface area contributed by atoms with Gasteiger partial charge in [0.2, 0.25) is 29.4 Å². The van der Waals surface area contributed by atoms with Crippen LogP contribution in [0.15, 0.2) is 42.5 Å². The maximum absolute atomic E-state index is 14.2. The molecule has 1 saturated heterocycles. The average molecular weight is 751 g/mol. The van der Waals surface area contributed by atoms with Crippen LogP contribution >= 0.6 is 0 Å². The molecule has 6 atom stereocenters. The van der Waals surface area contributed by atoms with Crippen molar-refractivity contribution in [2.45, 2.75) is 116 Å². The summed E-state index contributed by atoms with van der Waals surface area (Å²) in [5, 5.41) is 10.6. The van der Waals surface area contributed by atoms with Gasteiger partial charge in [0.15, 0.2) is 0 Å². The maximum Gasteiger partial charge on any atom is 0.408 e. The van der Waals surface area contributed by atoms with E-state index in [4.69, 9.17) is 4.74 Å². The fourth-order valence-electron chi connectivity index (χ4n) is 7.51. The van der Waals surface area contributed by atoms with Gasteiger partial charge in [-0.25, -0.2) is 4.79 Å².